The summed E-state index contributed by atoms with van der Waals surface area (Å²) in [6.45, 7) is 0. The van der Waals surface area contributed by atoms with Crippen LogP contribution < -0.4 is 5.32 Å². The molecule has 2 N–H and O–H groups in total. The molecular weight excluding hydrogens is 255 g/mol. The molecule has 0 radical (unpaired) electrons. The normalized spacial score (nSPS) is 23.0. The Morgan fingerprint density at radius 3 is 3.06 bits per heavy atom. The second-order valence-corrected chi connectivity index (χ2v) is 5.39. The van der Waals surface area contributed by atoms with Crippen molar-refractivity contribution < 1.29 is 14.3 Å². The number of hydrogen-bond donors (Lipinski definition) is 2. The first-order chi connectivity index (χ1) is 8.61. The second kappa shape index (κ2) is 5.56. The predicted molar refractivity (Wildman–Crippen MR) is 69.7 cm³/mol. The van der Waals surface area contributed by atoms with Crippen molar-refractivity contribution in [1.29, 1.82) is 0 Å². The molecule has 2 atom stereocenters. The van der Waals surface area contributed by atoms with Gasteiger partial charge in [0.1, 0.15) is 17.2 Å². The number of anilines is 1. The second-order valence-electron chi connectivity index (χ2n) is 4.31. The number of pyridine rings is 1. The fourth-order valence-corrected chi connectivity index (χ4v) is 3.20. The van der Waals surface area contributed by atoms with E-state index in [1.165, 1.54) is 0 Å². The van der Waals surface area contributed by atoms with Gasteiger partial charge < -0.3 is 10.4 Å². The van der Waals surface area contributed by atoms with Gasteiger partial charge in [0.15, 0.2) is 0 Å². The topological polar surface area (TPSA) is 62.2 Å². The minimum Gasteiger partial charge on any atom is -0.478 e. The van der Waals surface area contributed by atoms with E-state index in [1.54, 1.807) is 11.8 Å². The van der Waals surface area contributed by atoms with E-state index < -0.39 is 11.8 Å². The Morgan fingerprint density at radius 2 is 2.39 bits per heavy atom. The Kier molecular flexibility index (Phi) is 4.06. The van der Waals surface area contributed by atoms with Crippen LogP contribution in [0.15, 0.2) is 12.3 Å². The van der Waals surface area contributed by atoms with Crippen molar-refractivity contribution >= 4 is 23.5 Å². The maximum absolute atomic E-state index is 13.0. The van der Waals surface area contributed by atoms with Crippen LogP contribution in [0.3, 0.4) is 0 Å². The van der Waals surface area contributed by atoms with E-state index in [9.17, 15) is 9.18 Å². The zero-order valence-corrected chi connectivity index (χ0v) is 10.8. The van der Waals surface area contributed by atoms with E-state index in [2.05, 4.69) is 10.3 Å². The monoisotopic (exact) mass is 270 g/mol. The maximum atomic E-state index is 13.0. The third-order valence-electron chi connectivity index (χ3n) is 3.16. The summed E-state index contributed by atoms with van der Waals surface area (Å²) in [6, 6.07) is 1.21. The highest BCUT2D eigenvalue weighted by molar-refractivity contribution is 7.99. The molecule has 98 valence electrons. The van der Waals surface area contributed by atoms with Gasteiger partial charge in [-0.15, -0.1) is 0 Å². The van der Waals surface area contributed by atoms with E-state index in [4.69, 9.17) is 5.11 Å². The molecule has 4 nitrogen and oxygen atoms in total. The Hall–Kier alpha value is -1.30. The highest BCUT2D eigenvalue weighted by Crippen LogP contribution is 2.31. The van der Waals surface area contributed by atoms with E-state index in [0.717, 1.165) is 31.5 Å². The predicted octanol–water partition coefficient (Wildman–Crippen LogP) is 2.61. The lowest BCUT2D eigenvalue weighted by Crippen LogP contribution is -2.27. The minimum absolute atomic E-state index is 0.109. The number of nitrogens with zero attached hydrogens (tertiary/aromatic N) is 1. The van der Waals surface area contributed by atoms with Crippen molar-refractivity contribution in [2.45, 2.75) is 30.6 Å². The summed E-state index contributed by atoms with van der Waals surface area (Å²) in [5.41, 5.74) is -0.109. The molecule has 0 spiro atoms. The van der Waals surface area contributed by atoms with Gasteiger partial charge in [-0.2, -0.15) is 11.8 Å². The van der Waals surface area contributed by atoms with Gasteiger partial charge in [0.2, 0.25) is 0 Å². The van der Waals surface area contributed by atoms with Gasteiger partial charge in [-0.25, -0.2) is 14.2 Å². The van der Waals surface area contributed by atoms with Crippen molar-refractivity contribution in [2.75, 3.05) is 11.6 Å². The molecule has 6 heteroatoms. The Bertz CT molecular complexity index is 456. The number of rotatable bonds is 4. The van der Waals surface area contributed by atoms with E-state index in [-0.39, 0.29) is 17.4 Å². The Labute approximate surface area is 109 Å². The molecule has 1 aliphatic rings. The van der Waals surface area contributed by atoms with Gasteiger partial charge in [0, 0.05) is 11.3 Å². The number of thioether (sulfide) groups is 1. The molecule has 1 heterocycles. The molecule has 18 heavy (non-hydrogen) atoms. The van der Waals surface area contributed by atoms with Crippen LogP contribution in [0.25, 0.3) is 0 Å². The first-order valence-corrected chi connectivity index (χ1v) is 7.08. The van der Waals surface area contributed by atoms with E-state index >= 15 is 0 Å². The molecule has 1 aromatic heterocycles. The highest BCUT2D eigenvalue weighted by atomic mass is 32.2. The number of carboxylic acids is 1. The lowest BCUT2D eigenvalue weighted by Gasteiger charge is -2.20. The number of carbonyl (C=O) groups is 1. The first-order valence-electron chi connectivity index (χ1n) is 5.80. The molecule has 1 fully saturated rings. The van der Waals surface area contributed by atoms with Crippen LogP contribution in [-0.4, -0.2) is 33.6 Å². The van der Waals surface area contributed by atoms with Crippen LogP contribution in [-0.2, 0) is 0 Å². The molecule has 2 unspecified atom stereocenters. The molecule has 0 amide bonds. The lowest BCUT2D eigenvalue weighted by molar-refractivity contribution is 0.0697. The van der Waals surface area contributed by atoms with Gasteiger partial charge in [0.25, 0.3) is 0 Å². The number of nitrogens with one attached hydrogen (secondary N) is 1. The molecule has 1 saturated carbocycles. The van der Waals surface area contributed by atoms with Crippen molar-refractivity contribution in [3.63, 3.8) is 0 Å². The summed E-state index contributed by atoms with van der Waals surface area (Å²) in [5, 5.41) is 12.6. The third-order valence-corrected chi connectivity index (χ3v) is 4.33. The molecule has 0 saturated heterocycles. The third kappa shape index (κ3) is 2.75. The van der Waals surface area contributed by atoms with Crippen molar-refractivity contribution in [2.24, 2.45) is 0 Å². The maximum Gasteiger partial charge on any atom is 0.339 e. The number of carboxylic acid groups (broad SMARTS) is 1. The van der Waals surface area contributed by atoms with E-state index in [1.807, 2.05) is 6.26 Å². The molecule has 0 aliphatic heterocycles. The Balaban J connectivity index is 2.20. The average molecular weight is 270 g/mol. The van der Waals surface area contributed by atoms with Crippen molar-refractivity contribution in [1.82, 2.24) is 4.98 Å². The smallest absolute Gasteiger partial charge is 0.339 e. The fraction of sp³-hybridized carbons (Fsp3) is 0.500. The summed E-state index contributed by atoms with van der Waals surface area (Å²) in [5.74, 6) is -1.54. The molecule has 0 aromatic carbocycles. The fourth-order valence-electron chi connectivity index (χ4n) is 2.27. The summed E-state index contributed by atoms with van der Waals surface area (Å²) in [4.78, 5) is 14.9. The summed E-state index contributed by atoms with van der Waals surface area (Å²) in [6.07, 6.45) is 6.30. The first kappa shape index (κ1) is 13.1. The summed E-state index contributed by atoms with van der Waals surface area (Å²) in [7, 11) is 0. The average Bonchev–Trinajstić information content (AvgIpc) is 2.78. The number of halogens is 1. The van der Waals surface area contributed by atoms with Crippen LogP contribution in [0.2, 0.25) is 0 Å². The van der Waals surface area contributed by atoms with Gasteiger partial charge in [-0.1, -0.05) is 6.42 Å². The number of aromatic nitrogens is 1. The summed E-state index contributed by atoms with van der Waals surface area (Å²) >= 11 is 1.77. The SMILES string of the molecule is CSC1CCCC1Nc1ncc(F)cc1C(=O)O. The quantitative estimate of drug-likeness (QED) is 0.880. The largest absolute Gasteiger partial charge is 0.478 e. The molecule has 1 aromatic rings. The van der Waals surface area contributed by atoms with Crippen LogP contribution in [0.1, 0.15) is 29.6 Å². The van der Waals surface area contributed by atoms with E-state index in [0.29, 0.717) is 5.25 Å². The van der Waals surface area contributed by atoms with Crippen molar-refractivity contribution in [3.05, 3.63) is 23.6 Å². The number of aromatic carboxylic acids is 1. The summed E-state index contributed by atoms with van der Waals surface area (Å²) < 4.78 is 13.0. The zero-order valence-electron chi connectivity index (χ0n) is 10.0. The zero-order chi connectivity index (χ0) is 13.1. The lowest BCUT2D eigenvalue weighted by atomic mass is 10.2. The highest BCUT2D eigenvalue weighted by Gasteiger charge is 2.27. The van der Waals surface area contributed by atoms with Gasteiger partial charge in [0.05, 0.1) is 6.20 Å². The van der Waals surface area contributed by atoms with Gasteiger partial charge >= 0.3 is 5.97 Å². The molecular formula is C12H15FN2O2S. The molecule has 0 bridgehead atoms. The standard InChI is InChI=1S/C12H15FN2O2S/c1-18-10-4-2-3-9(10)15-11-8(12(16)17)5-7(13)6-14-11/h5-6,9-10H,2-4H2,1H3,(H,14,15)(H,16,17). The molecule has 1 aliphatic carbocycles. The molecule has 2 rings (SSSR count). The van der Waals surface area contributed by atoms with Crippen LogP contribution in [0.4, 0.5) is 10.2 Å². The van der Waals surface area contributed by atoms with Crippen molar-refractivity contribution in [3.8, 4) is 0 Å². The van der Waals surface area contributed by atoms with Crippen LogP contribution in [0, 0.1) is 5.82 Å². The number of hydrogen-bond acceptors (Lipinski definition) is 4. The minimum atomic E-state index is -1.16. The van der Waals surface area contributed by atoms with Crippen LogP contribution in [0.5, 0.6) is 0 Å². The van der Waals surface area contributed by atoms with Gasteiger partial charge in [-0.3, -0.25) is 0 Å². The Morgan fingerprint density at radius 1 is 1.61 bits per heavy atom. The van der Waals surface area contributed by atoms with Gasteiger partial charge in [-0.05, 0) is 25.2 Å². The van der Waals surface area contributed by atoms with Crippen LogP contribution >= 0.6 is 11.8 Å².